The van der Waals surface area contributed by atoms with Gasteiger partial charge in [-0.25, -0.2) is 14.6 Å². The highest BCUT2D eigenvalue weighted by atomic mass is 16.3. The normalized spacial score (nSPS) is 13.6. The minimum Gasteiger partial charge on any atom is -0.508 e. The van der Waals surface area contributed by atoms with E-state index in [2.05, 4.69) is 28.4 Å². The topological polar surface area (TPSA) is 139 Å². The van der Waals surface area contributed by atoms with E-state index in [9.17, 15) is 14.7 Å². The number of benzene rings is 2. The number of carbonyl (C=O) groups is 2. The number of amides is 2. The van der Waals surface area contributed by atoms with Gasteiger partial charge in [-0.3, -0.25) is 9.59 Å². The van der Waals surface area contributed by atoms with Crippen LogP contribution in [0, 0.1) is 0 Å². The van der Waals surface area contributed by atoms with Crippen molar-refractivity contribution in [2.24, 2.45) is 0 Å². The lowest BCUT2D eigenvalue weighted by Crippen LogP contribution is -2.39. The third-order valence-corrected chi connectivity index (χ3v) is 6.38. The number of para-hydroxylation sites is 1. The van der Waals surface area contributed by atoms with Crippen LogP contribution < -0.4 is 16.0 Å². The Morgan fingerprint density at radius 1 is 1.14 bits per heavy atom. The first-order valence-corrected chi connectivity index (χ1v) is 11.6. The first kappa shape index (κ1) is 23.7. The smallest absolute Gasteiger partial charge is 0.250 e. The number of hydrogen-bond donors (Lipinski definition) is 3. The Hall–Kier alpha value is -4.99. The van der Waals surface area contributed by atoms with Gasteiger partial charge in [-0.05, 0) is 49.3 Å². The van der Waals surface area contributed by atoms with Crippen LogP contribution in [0.15, 0.2) is 80.2 Å². The van der Waals surface area contributed by atoms with Gasteiger partial charge < -0.3 is 21.1 Å². The first-order chi connectivity index (χ1) is 17.8. The van der Waals surface area contributed by atoms with Crippen molar-refractivity contribution in [3.05, 3.63) is 80.2 Å². The number of phenols is 1. The molecule has 4 aromatic rings. The van der Waals surface area contributed by atoms with E-state index in [1.807, 2.05) is 30.3 Å². The van der Waals surface area contributed by atoms with Crippen molar-refractivity contribution in [3.8, 4) is 17.0 Å². The number of aromatic hydroxyl groups is 1. The van der Waals surface area contributed by atoms with Gasteiger partial charge in [0.2, 0.25) is 11.8 Å². The molecule has 0 atom stereocenters. The summed E-state index contributed by atoms with van der Waals surface area (Å²) in [6.07, 6.45) is 5.34. The zero-order valence-corrected chi connectivity index (χ0v) is 20.0. The molecule has 1 fully saturated rings. The maximum Gasteiger partial charge on any atom is 0.250 e. The number of nitrogen functional groups attached to an aromatic ring is 1. The molecule has 10 heteroatoms. The Kier molecular flexibility index (Phi) is 5.92. The Balaban J connectivity index is 1.63. The second-order valence-electron chi connectivity index (χ2n) is 8.87. The Bertz CT molecular complexity index is 1540. The number of rotatable bonds is 8. The highest BCUT2D eigenvalue weighted by molar-refractivity contribution is 6.02. The summed E-state index contributed by atoms with van der Waals surface area (Å²) in [5, 5.41) is 18.4. The molecule has 0 radical (unpaired) electrons. The molecule has 0 saturated heterocycles. The van der Waals surface area contributed by atoms with Gasteiger partial charge in [0, 0.05) is 23.0 Å². The Morgan fingerprint density at radius 2 is 1.89 bits per heavy atom. The fourth-order valence-corrected chi connectivity index (χ4v) is 4.41. The second-order valence-corrected chi connectivity index (χ2v) is 8.87. The van der Waals surface area contributed by atoms with Gasteiger partial charge in [0.15, 0.2) is 5.65 Å². The summed E-state index contributed by atoms with van der Waals surface area (Å²) in [7, 11) is 0. The van der Waals surface area contributed by atoms with Crippen LogP contribution in [0.25, 0.3) is 22.3 Å². The van der Waals surface area contributed by atoms with Gasteiger partial charge in [-0.2, -0.15) is 5.10 Å². The molecule has 4 N–H and O–H groups in total. The van der Waals surface area contributed by atoms with E-state index in [-0.39, 0.29) is 17.5 Å². The van der Waals surface area contributed by atoms with E-state index in [0.717, 1.165) is 24.6 Å². The highest BCUT2D eigenvalue weighted by Gasteiger charge is 2.49. The number of anilines is 3. The molecule has 0 unspecified atom stereocenters. The summed E-state index contributed by atoms with van der Waals surface area (Å²) in [5.41, 5.74) is 8.35. The molecule has 1 saturated carbocycles. The summed E-state index contributed by atoms with van der Waals surface area (Å²) in [6.45, 7) is 7.47. The van der Waals surface area contributed by atoms with Gasteiger partial charge >= 0.3 is 0 Å². The molecule has 0 aliphatic heterocycles. The van der Waals surface area contributed by atoms with Gasteiger partial charge in [0.05, 0.1) is 17.5 Å². The maximum absolute atomic E-state index is 12.8. The van der Waals surface area contributed by atoms with Crippen molar-refractivity contribution in [2.45, 2.75) is 18.4 Å². The van der Waals surface area contributed by atoms with E-state index >= 15 is 0 Å². The zero-order valence-electron chi connectivity index (χ0n) is 20.0. The predicted octanol–water partition coefficient (Wildman–Crippen LogP) is 3.61. The van der Waals surface area contributed by atoms with Crippen LogP contribution in [-0.4, -0.2) is 43.2 Å². The van der Waals surface area contributed by atoms with Crippen LogP contribution in [0.4, 0.5) is 17.2 Å². The molecule has 0 bridgehead atoms. The number of aromatic nitrogens is 4. The minimum absolute atomic E-state index is 0.0667. The zero-order chi connectivity index (χ0) is 26.2. The summed E-state index contributed by atoms with van der Waals surface area (Å²) in [6, 6.07) is 14.0. The van der Waals surface area contributed by atoms with Crippen LogP contribution in [0.1, 0.15) is 12.8 Å². The number of phenolic OH excluding ortho intramolecular Hbond substituents is 1. The van der Waals surface area contributed by atoms with Crippen LogP contribution >= 0.6 is 0 Å². The third kappa shape index (κ3) is 4.40. The molecule has 2 aromatic carbocycles. The molecular weight excluding hydrogens is 470 g/mol. The molecule has 186 valence electrons. The Labute approximate surface area is 212 Å². The first-order valence-electron chi connectivity index (χ1n) is 11.6. The number of hydrogen-bond acceptors (Lipinski definition) is 7. The van der Waals surface area contributed by atoms with E-state index in [1.54, 1.807) is 15.6 Å². The van der Waals surface area contributed by atoms with Crippen molar-refractivity contribution in [2.75, 3.05) is 22.5 Å². The van der Waals surface area contributed by atoms with Gasteiger partial charge in [0.25, 0.3) is 0 Å². The molecule has 2 aromatic heterocycles. The number of carbonyl (C=O) groups excluding carboxylic acids is 2. The minimum atomic E-state index is -0.525. The lowest BCUT2D eigenvalue weighted by molar-refractivity contribution is -0.114. The van der Waals surface area contributed by atoms with Gasteiger partial charge in [-0.15, -0.1) is 0 Å². The fourth-order valence-electron chi connectivity index (χ4n) is 4.41. The van der Waals surface area contributed by atoms with Crippen molar-refractivity contribution in [3.63, 3.8) is 0 Å². The largest absolute Gasteiger partial charge is 0.508 e. The summed E-state index contributed by atoms with van der Waals surface area (Å²) in [5.74, 6) is -0.481. The Morgan fingerprint density at radius 3 is 2.57 bits per heavy atom. The molecule has 1 aliphatic carbocycles. The highest BCUT2D eigenvalue weighted by Crippen LogP contribution is 2.47. The van der Waals surface area contributed by atoms with Crippen molar-refractivity contribution in [1.82, 2.24) is 19.7 Å². The van der Waals surface area contributed by atoms with E-state index in [0.29, 0.717) is 34.5 Å². The van der Waals surface area contributed by atoms with Gasteiger partial charge in [-0.1, -0.05) is 31.4 Å². The van der Waals surface area contributed by atoms with Crippen LogP contribution in [0.5, 0.6) is 5.75 Å². The van der Waals surface area contributed by atoms with E-state index < -0.39 is 11.4 Å². The third-order valence-electron chi connectivity index (χ3n) is 6.38. The average molecular weight is 496 g/mol. The quantitative estimate of drug-likeness (QED) is 0.317. The molecule has 2 heterocycles. The predicted molar refractivity (Wildman–Crippen MR) is 142 cm³/mol. The molecule has 2 amide bonds. The van der Waals surface area contributed by atoms with Crippen molar-refractivity contribution in [1.29, 1.82) is 0 Å². The number of fused-ring (bicyclic) bond motifs is 1. The summed E-state index contributed by atoms with van der Waals surface area (Å²) < 4.78 is 1.80. The lowest BCUT2D eigenvalue weighted by Gasteiger charge is -2.27. The van der Waals surface area contributed by atoms with Crippen molar-refractivity contribution < 1.29 is 14.7 Å². The molecule has 5 rings (SSSR count). The molecule has 10 nitrogen and oxygen atoms in total. The second kappa shape index (κ2) is 9.23. The SMILES string of the molecule is C=CC(=O)Nc1cc(O)cc(-c2nn(C3(CN(C(=O)C=C)c4ccccc4)CC3)c3ncnc(N)c23)c1. The number of nitrogens with one attached hydrogen (secondary N) is 1. The summed E-state index contributed by atoms with van der Waals surface area (Å²) >= 11 is 0. The molecule has 0 spiro atoms. The molecule has 1 aliphatic rings. The van der Waals surface area contributed by atoms with Crippen LogP contribution in [0.3, 0.4) is 0 Å². The summed E-state index contributed by atoms with van der Waals surface area (Å²) in [4.78, 5) is 35.0. The number of nitrogens with zero attached hydrogens (tertiary/aromatic N) is 5. The lowest BCUT2D eigenvalue weighted by atomic mass is 10.1. The average Bonchev–Trinajstić information content (AvgIpc) is 3.57. The van der Waals surface area contributed by atoms with Crippen molar-refractivity contribution >= 4 is 40.0 Å². The maximum atomic E-state index is 12.8. The monoisotopic (exact) mass is 495 g/mol. The van der Waals surface area contributed by atoms with Gasteiger partial charge in [0.1, 0.15) is 23.6 Å². The molecular formula is C27H25N7O3. The van der Waals surface area contributed by atoms with E-state index in [4.69, 9.17) is 10.8 Å². The van der Waals surface area contributed by atoms with E-state index in [1.165, 1.54) is 24.5 Å². The number of nitrogens with two attached hydrogens (primary N) is 1. The van der Waals surface area contributed by atoms with Crippen LogP contribution in [0.2, 0.25) is 0 Å². The fraction of sp³-hybridized carbons (Fsp3) is 0.148. The van der Waals surface area contributed by atoms with Crippen LogP contribution in [-0.2, 0) is 15.1 Å². The standard InChI is InChI=1S/C27H25N7O3/c1-3-21(36)31-18-12-17(13-20(35)14-18)24-23-25(28)29-16-30-26(23)34(32-24)27(10-11-27)15-33(22(37)4-2)19-8-6-5-7-9-19/h3-9,12-14,16,35H,1-2,10-11,15H2,(H,31,36)(H2,28,29,30). The molecule has 37 heavy (non-hydrogen) atoms.